The molecule has 0 heterocycles. The second-order valence-corrected chi connectivity index (χ2v) is 9.39. The van der Waals surface area contributed by atoms with E-state index in [4.69, 9.17) is 4.43 Å². The highest BCUT2D eigenvalue weighted by molar-refractivity contribution is 6.69. The molecular formula is C13H20O2Si. The highest BCUT2D eigenvalue weighted by Gasteiger charge is 2.13. The number of aryl methyl sites for hydroxylation is 1. The van der Waals surface area contributed by atoms with Crippen LogP contribution in [0.1, 0.15) is 22.3 Å². The quantitative estimate of drug-likeness (QED) is 0.430. The Balaban J connectivity index is 2.40. The van der Waals surface area contributed by atoms with Crippen molar-refractivity contribution in [1.82, 2.24) is 0 Å². The monoisotopic (exact) mass is 236 g/mol. The lowest BCUT2D eigenvalue weighted by atomic mass is 10.0. The molecule has 0 unspecified atom stereocenters. The predicted octanol–water partition coefficient (Wildman–Crippen LogP) is 3.28. The second-order valence-electron chi connectivity index (χ2n) is 4.88. The van der Waals surface area contributed by atoms with Gasteiger partial charge in [-0.05, 0) is 38.0 Å². The molecule has 0 amide bonds. The number of benzene rings is 1. The molecule has 1 rings (SSSR count). The molecule has 88 valence electrons. The van der Waals surface area contributed by atoms with Crippen LogP contribution in [0.25, 0.3) is 0 Å². The average molecular weight is 236 g/mol. The molecule has 0 saturated heterocycles. The first-order valence-electron chi connectivity index (χ1n) is 5.70. The molecule has 0 aromatic heterocycles. The highest BCUT2D eigenvalue weighted by atomic mass is 28.4. The van der Waals surface area contributed by atoms with Gasteiger partial charge in [-0.15, -0.1) is 0 Å². The van der Waals surface area contributed by atoms with Crippen molar-refractivity contribution in [2.24, 2.45) is 0 Å². The van der Waals surface area contributed by atoms with Crippen LogP contribution in [0.2, 0.25) is 19.6 Å². The van der Waals surface area contributed by atoms with Crippen LogP contribution >= 0.6 is 0 Å². The first-order valence-corrected chi connectivity index (χ1v) is 9.11. The van der Waals surface area contributed by atoms with Gasteiger partial charge in [0.1, 0.15) is 6.29 Å². The number of carbonyl (C=O) groups is 1. The lowest BCUT2D eigenvalue weighted by Crippen LogP contribution is -2.25. The number of hydrogen-bond acceptors (Lipinski definition) is 2. The lowest BCUT2D eigenvalue weighted by Gasteiger charge is -2.17. The molecule has 0 fully saturated rings. The normalized spacial score (nSPS) is 11.4. The van der Waals surface area contributed by atoms with Crippen molar-refractivity contribution < 1.29 is 9.22 Å². The Morgan fingerprint density at radius 3 is 2.56 bits per heavy atom. The molecule has 0 aliphatic rings. The summed E-state index contributed by atoms with van der Waals surface area (Å²) in [4.78, 5) is 10.8. The molecule has 0 atom stereocenters. The summed E-state index contributed by atoms with van der Waals surface area (Å²) in [6.45, 7) is 7.36. The third kappa shape index (κ3) is 4.73. The van der Waals surface area contributed by atoms with Gasteiger partial charge in [-0.2, -0.15) is 0 Å². The Morgan fingerprint density at radius 1 is 1.25 bits per heavy atom. The largest absolute Gasteiger partial charge is 0.418 e. The summed E-state index contributed by atoms with van der Waals surface area (Å²) in [5.41, 5.74) is 1.92. The van der Waals surface area contributed by atoms with Gasteiger partial charge in [0.05, 0.1) is 0 Å². The van der Waals surface area contributed by atoms with Crippen molar-refractivity contribution >= 4 is 14.6 Å². The standard InChI is InChI=1S/C13H20O2Si/c1-16(2,3)15-10-6-9-12-7-4-5-8-13(12)11-14/h4-5,7-8,11H,6,9-10H2,1-3H3. The number of carbonyl (C=O) groups excluding carboxylic acids is 1. The second kappa shape index (κ2) is 5.96. The molecule has 0 aliphatic heterocycles. The summed E-state index contributed by atoms with van der Waals surface area (Å²) in [6.07, 6.45) is 2.82. The fraction of sp³-hybridized carbons (Fsp3) is 0.462. The number of hydrogen-bond donors (Lipinski definition) is 0. The maximum absolute atomic E-state index is 10.8. The van der Waals surface area contributed by atoms with E-state index in [1.54, 1.807) is 0 Å². The van der Waals surface area contributed by atoms with Crippen LogP contribution in [-0.2, 0) is 10.8 Å². The molecule has 0 spiro atoms. The van der Waals surface area contributed by atoms with E-state index in [1.807, 2.05) is 24.3 Å². The Labute approximate surface area is 98.8 Å². The number of aldehydes is 1. The van der Waals surface area contributed by atoms with Crippen molar-refractivity contribution in [2.75, 3.05) is 6.61 Å². The van der Waals surface area contributed by atoms with E-state index in [-0.39, 0.29) is 0 Å². The minimum atomic E-state index is -1.39. The van der Waals surface area contributed by atoms with Gasteiger partial charge in [-0.25, -0.2) is 0 Å². The fourth-order valence-corrected chi connectivity index (χ4v) is 2.27. The predicted molar refractivity (Wildman–Crippen MR) is 69.4 cm³/mol. The van der Waals surface area contributed by atoms with Gasteiger partial charge in [0.25, 0.3) is 0 Å². The van der Waals surface area contributed by atoms with Gasteiger partial charge in [-0.1, -0.05) is 24.3 Å². The zero-order chi connectivity index (χ0) is 12.0. The highest BCUT2D eigenvalue weighted by Crippen LogP contribution is 2.10. The van der Waals surface area contributed by atoms with E-state index < -0.39 is 8.32 Å². The molecular weight excluding hydrogens is 216 g/mol. The topological polar surface area (TPSA) is 26.3 Å². The molecule has 0 aliphatic carbocycles. The third-order valence-electron chi connectivity index (χ3n) is 2.31. The van der Waals surface area contributed by atoms with Crippen molar-refractivity contribution in [3.63, 3.8) is 0 Å². The molecule has 3 heteroatoms. The van der Waals surface area contributed by atoms with E-state index in [0.29, 0.717) is 0 Å². The van der Waals surface area contributed by atoms with Crippen molar-refractivity contribution in [3.8, 4) is 0 Å². The lowest BCUT2D eigenvalue weighted by molar-refractivity contribution is 0.112. The van der Waals surface area contributed by atoms with Gasteiger partial charge in [0.2, 0.25) is 0 Å². The Hall–Kier alpha value is -0.933. The molecule has 0 bridgehead atoms. The van der Waals surface area contributed by atoms with Crippen LogP contribution in [0, 0.1) is 0 Å². The summed E-state index contributed by atoms with van der Waals surface area (Å²) in [6, 6.07) is 7.74. The van der Waals surface area contributed by atoms with Crippen molar-refractivity contribution in [2.45, 2.75) is 32.5 Å². The van der Waals surface area contributed by atoms with Gasteiger partial charge in [0.15, 0.2) is 8.32 Å². The van der Waals surface area contributed by atoms with Gasteiger partial charge >= 0.3 is 0 Å². The molecule has 0 radical (unpaired) electrons. The van der Waals surface area contributed by atoms with E-state index >= 15 is 0 Å². The molecule has 2 nitrogen and oxygen atoms in total. The Morgan fingerprint density at radius 2 is 1.94 bits per heavy atom. The summed E-state index contributed by atoms with van der Waals surface area (Å²) in [5, 5.41) is 0. The average Bonchev–Trinajstić information content (AvgIpc) is 2.23. The van der Waals surface area contributed by atoms with Crippen molar-refractivity contribution in [1.29, 1.82) is 0 Å². The molecule has 0 N–H and O–H groups in total. The van der Waals surface area contributed by atoms with Gasteiger partial charge in [0, 0.05) is 12.2 Å². The van der Waals surface area contributed by atoms with Gasteiger partial charge < -0.3 is 4.43 Å². The van der Waals surface area contributed by atoms with E-state index in [1.165, 1.54) is 0 Å². The number of rotatable bonds is 6. The minimum Gasteiger partial charge on any atom is -0.418 e. The fourth-order valence-electron chi connectivity index (χ4n) is 1.52. The van der Waals surface area contributed by atoms with E-state index in [9.17, 15) is 4.79 Å². The molecule has 1 aromatic carbocycles. The van der Waals surface area contributed by atoms with Crippen LogP contribution in [0.3, 0.4) is 0 Å². The SMILES string of the molecule is C[Si](C)(C)OCCCc1ccccc1C=O. The first-order chi connectivity index (χ1) is 7.53. The summed E-state index contributed by atoms with van der Waals surface area (Å²) < 4.78 is 5.78. The summed E-state index contributed by atoms with van der Waals surface area (Å²) >= 11 is 0. The first kappa shape index (κ1) is 13.1. The van der Waals surface area contributed by atoms with Crippen LogP contribution in [0.4, 0.5) is 0 Å². The van der Waals surface area contributed by atoms with Crippen LogP contribution in [0.15, 0.2) is 24.3 Å². The molecule has 16 heavy (non-hydrogen) atoms. The maximum Gasteiger partial charge on any atom is 0.183 e. The molecule has 0 saturated carbocycles. The summed E-state index contributed by atoms with van der Waals surface area (Å²) in [5.74, 6) is 0. The maximum atomic E-state index is 10.8. The zero-order valence-corrected chi connectivity index (χ0v) is 11.3. The Bertz CT molecular complexity index is 342. The van der Waals surface area contributed by atoms with E-state index in [0.717, 1.165) is 36.9 Å². The Kier molecular flexibility index (Phi) is 4.90. The van der Waals surface area contributed by atoms with Crippen molar-refractivity contribution in [3.05, 3.63) is 35.4 Å². The van der Waals surface area contributed by atoms with Gasteiger partial charge in [-0.3, -0.25) is 4.79 Å². The smallest absolute Gasteiger partial charge is 0.183 e. The van der Waals surface area contributed by atoms with E-state index in [2.05, 4.69) is 19.6 Å². The summed E-state index contributed by atoms with van der Waals surface area (Å²) in [7, 11) is -1.39. The molecule has 1 aromatic rings. The zero-order valence-electron chi connectivity index (χ0n) is 10.3. The van der Waals surface area contributed by atoms with Crippen LogP contribution in [-0.4, -0.2) is 21.2 Å². The van der Waals surface area contributed by atoms with Crippen LogP contribution in [0.5, 0.6) is 0 Å². The minimum absolute atomic E-state index is 0.795. The third-order valence-corrected chi connectivity index (χ3v) is 3.38. The van der Waals surface area contributed by atoms with Crippen LogP contribution < -0.4 is 0 Å².